The first kappa shape index (κ1) is 7.09. The van der Waals surface area contributed by atoms with Crippen molar-refractivity contribution in [2.75, 3.05) is 5.73 Å². The van der Waals surface area contributed by atoms with Crippen molar-refractivity contribution in [2.45, 2.75) is 0 Å². The third-order valence-electron chi connectivity index (χ3n) is 1.12. The van der Waals surface area contributed by atoms with Crippen LogP contribution >= 0.6 is 11.6 Å². The molecule has 0 aromatic carbocycles. The molecule has 0 amide bonds. The maximum Gasteiger partial charge on any atom is 0.124 e. The quantitative estimate of drug-likeness (QED) is 0.672. The predicted octanol–water partition coefficient (Wildman–Crippen LogP) is 1.96. The molecule has 1 heterocycles. The lowest BCUT2D eigenvalue weighted by molar-refractivity contribution is 1.33. The molecule has 0 radical (unpaired) electrons. The molecule has 0 aliphatic rings. The minimum atomic E-state index is 0.426. The molecule has 0 saturated heterocycles. The summed E-state index contributed by atoms with van der Waals surface area (Å²) in [7, 11) is 0. The van der Waals surface area contributed by atoms with Gasteiger partial charge in [-0.3, -0.25) is 0 Å². The first-order valence-corrected chi connectivity index (χ1v) is 3.15. The number of hydrogen-bond donors (Lipinski definition) is 1. The summed E-state index contributed by atoms with van der Waals surface area (Å²) in [6.07, 6.45) is 3.22. The van der Waals surface area contributed by atoms with Crippen LogP contribution in [-0.2, 0) is 0 Å². The molecule has 0 aliphatic carbocycles. The Labute approximate surface area is 64.3 Å². The van der Waals surface area contributed by atoms with Crippen LogP contribution in [0.3, 0.4) is 0 Å². The van der Waals surface area contributed by atoms with E-state index in [9.17, 15) is 0 Å². The fraction of sp³-hybridized carbons (Fsp3) is 0. The van der Waals surface area contributed by atoms with Gasteiger partial charge in [0, 0.05) is 11.8 Å². The number of nitrogens with zero attached hydrogens (tertiary/aromatic N) is 1. The molecule has 0 bridgehead atoms. The van der Waals surface area contributed by atoms with Crippen molar-refractivity contribution >= 4 is 23.5 Å². The smallest absolute Gasteiger partial charge is 0.124 e. The van der Waals surface area contributed by atoms with Gasteiger partial charge in [0.2, 0.25) is 0 Å². The van der Waals surface area contributed by atoms with Crippen molar-refractivity contribution in [3.8, 4) is 0 Å². The average Bonchev–Trinajstić information content (AvgIpc) is 1.88. The monoisotopic (exact) mass is 154 g/mol. The molecule has 0 spiro atoms. The summed E-state index contributed by atoms with van der Waals surface area (Å²) in [6, 6.07) is 1.60. The van der Waals surface area contributed by atoms with E-state index in [2.05, 4.69) is 11.6 Å². The summed E-state index contributed by atoms with van der Waals surface area (Å²) in [5, 5.41) is 0.586. The molecule has 3 heteroatoms. The maximum atomic E-state index is 5.74. The topological polar surface area (TPSA) is 38.9 Å². The van der Waals surface area contributed by atoms with Crippen LogP contribution in [0.4, 0.5) is 5.82 Å². The zero-order valence-electron chi connectivity index (χ0n) is 5.34. The number of aromatic nitrogens is 1. The number of halogens is 1. The molecule has 2 nitrogen and oxygen atoms in total. The van der Waals surface area contributed by atoms with Crippen LogP contribution in [0.15, 0.2) is 18.8 Å². The van der Waals surface area contributed by atoms with Gasteiger partial charge in [-0.15, -0.1) is 0 Å². The van der Waals surface area contributed by atoms with E-state index in [0.29, 0.717) is 10.8 Å². The number of nitrogen functional groups attached to an aromatic ring is 1. The van der Waals surface area contributed by atoms with Crippen molar-refractivity contribution < 1.29 is 0 Å². The standard InChI is InChI=1S/C7H7ClN2/c1-2-5-4-10-7(9)3-6(5)8/h2-4H,1H2,(H2,9,10). The molecule has 52 valence electrons. The maximum absolute atomic E-state index is 5.74. The second kappa shape index (κ2) is 2.71. The average molecular weight is 155 g/mol. The van der Waals surface area contributed by atoms with Crippen LogP contribution in [0.5, 0.6) is 0 Å². The highest BCUT2D eigenvalue weighted by Gasteiger charge is 1.95. The lowest BCUT2D eigenvalue weighted by Gasteiger charge is -1.96. The van der Waals surface area contributed by atoms with E-state index in [-0.39, 0.29) is 0 Å². The van der Waals surface area contributed by atoms with Gasteiger partial charge >= 0.3 is 0 Å². The van der Waals surface area contributed by atoms with Gasteiger partial charge in [-0.05, 0) is 6.07 Å². The largest absolute Gasteiger partial charge is 0.384 e. The Morgan fingerprint density at radius 2 is 2.40 bits per heavy atom. The van der Waals surface area contributed by atoms with Crippen molar-refractivity contribution in [1.82, 2.24) is 4.98 Å². The minimum absolute atomic E-state index is 0.426. The van der Waals surface area contributed by atoms with E-state index in [0.717, 1.165) is 5.56 Å². The van der Waals surface area contributed by atoms with Crippen LogP contribution in [-0.4, -0.2) is 4.98 Å². The second-order valence-corrected chi connectivity index (χ2v) is 2.24. The third-order valence-corrected chi connectivity index (χ3v) is 1.45. The van der Waals surface area contributed by atoms with Crippen molar-refractivity contribution in [3.05, 3.63) is 29.4 Å². The van der Waals surface area contributed by atoms with E-state index in [1.54, 1.807) is 18.3 Å². The van der Waals surface area contributed by atoms with Gasteiger partial charge in [-0.2, -0.15) is 0 Å². The molecule has 0 fully saturated rings. The lowest BCUT2D eigenvalue weighted by Crippen LogP contribution is -1.89. The SMILES string of the molecule is C=Cc1cnc(N)cc1Cl. The van der Waals surface area contributed by atoms with E-state index in [1.807, 2.05) is 0 Å². The van der Waals surface area contributed by atoms with E-state index in [4.69, 9.17) is 17.3 Å². The molecule has 0 atom stereocenters. The number of pyridine rings is 1. The molecule has 0 aliphatic heterocycles. The molecule has 0 saturated carbocycles. The second-order valence-electron chi connectivity index (χ2n) is 1.83. The Balaban J connectivity index is 3.19. The highest BCUT2D eigenvalue weighted by Crippen LogP contribution is 2.17. The van der Waals surface area contributed by atoms with Crippen LogP contribution in [0.25, 0.3) is 6.08 Å². The molecule has 2 N–H and O–H groups in total. The van der Waals surface area contributed by atoms with Gasteiger partial charge < -0.3 is 5.73 Å². The molecule has 10 heavy (non-hydrogen) atoms. The van der Waals surface area contributed by atoms with Gasteiger partial charge in [0.1, 0.15) is 5.82 Å². The third kappa shape index (κ3) is 1.28. The fourth-order valence-corrected chi connectivity index (χ4v) is 0.844. The van der Waals surface area contributed by atoms with E-state index < -0.39 is 0 Å². The summed E-state index contributed by atoms with van der Waals surface area (Å²) in [6.45, 7) is 3.56. The summed E-state index contributed by atoms with van der Waals surface area (Å²) in [5.41, 5.74) is 6.15. The van der Waals surface area contributed by atoms with Crippen LogP contribution in [0, 0.1) is 0 Å². The molecule has 0 unspecified atom stereocenters. The van der Waals surface area contributed by atoms with Gasteiger partial charge in [-0.25, -0.2) is 4.98 Å². The fourth-order valence-electron chi connectivity index (χ4n) is 0.606. The Bertz CT molecular complexity index is 258. The van der Waals surface area contributed by atoms with Gasteiger partial charge in [0.25, 0.3) is 0 Å². The van der Waals surface area contributed by atoms with Gasteiger partial charge in [-0.1, -0.05) is 24.3 Å². The van der Waals surface area contributed by atoms with Gasteiger partial charge in [0.15, 0.2) is 0 Å². The summed E-state index contributed by atoms with van der Waals surface area (Å²) in [5.74, 6) is 0.426. The van der Waals surface area contributed by atoms with E-state index >= 15 is 0 Å². The highest BCUT2D eigenvalue weighted by atomic mass is 35.5. The van der Waals surface area contributed by atoms with Gasteiger partial charge in [0.05, 0.1) is 5.02 Å². The summed E-state index contributed by atoms with van der Waals surface area (Å²) in [4.78, 5) is 3.83. The zero-order chi connectivity index (χ0) is 7.56. The van der Waals surface area contributed by atoms with Crippen LogP contribution in [0.1, 0.15) is 5.56 Å². The van der Waals surface area contributed by atoms with Crippen molar-refractivity contribution in [2.24, 2.45) is 0 Å². The Morgan fingerprint density at radius 1 is 1.70 bits per heavy atom. The van der Waals surface area contributed by atoms with E-state index in [1.165, 1.54) is 0 Å². The highest BCUT2D eigenvalue weighted by molar-refractivity contribution is 6.32. The molecular weight excluding hydrogens is 148 g/mol. The normalized spacial score (nSPS) is 9.30. The Morgan fingerprint density at radius 3 is 2.90 bits per heavy atom. The number of hydrogen-bond acceptors (Lipinski definition) is 2. The Hall–Kier alpha value is -1.02. The summed E-state index contributed by atoms with van der Waals surface area (Å²) < 4.78 is 0. The predicted molar refractivity (Wildman–Crippen MR) is 43.8 cm³/mol. The van der Waals surface area contributed by atoms with Crippen LogP contribution in [0.2, 0.25) is 5.02 Å². The zero-order valence-corrected chi connectivity index (χ0v) is 6.10. The molecule has 1 aromatic heterocycles. The Kier molecular flexibility index (Phi) is 1.92. The number of anilines is 1. The minimum Gasteiger partial charge on any atom is -0.384 e. The van der Waals surface area contributed by atoms with Crippen molar-refractivity contribution in [3.63, 3.8) is 0 Å². The first-order chi connectivity index (χ1) is 4.74. The number of rotatable bonds is 1. The molecule has 1 aromatic rings. The molecule has 1 rings (SSSR count). The lowest BCUT2D eigenvalue weighted by atomic mass is 10.3. The van der Waals surface area contributed by atoms with Crippen LogP contribution < -0.4 is 5.73 Å². The molecular formula is C7H7ClN2. The summed E-state index contributed by atoms with van der Waals surface area (Å²) >= 11 is 5.74. The van der Waals surface area contributed by atoms with Crippen molar-refractivity contribution in [1.29, 1.82) is 0 Å². The number of nitrogens with two attached hydrogens (primary N) is 1. The first-order valence-electron chi connectivity index (χ1n) is 2.77.